The summed E-state index contributed by atoms with van der Waals surface area (Å²) in [4.78, 5) is 17.1. The van der Waals surface area contributed by atoms with Crippen molar-refractivity contribution in [3.8, 4) is 0 Å². The number of benzene rings is 2. The number of nitrogens with one attached hydrogen (secondary N) is 1. The van der Waals surface area contributed by atoms with Gasteiger partial charge in [0.2, 0.25) is 5.91 Å². The first-order valence-corrected chi connectivity index (χ1v) is 9.19. The lowest BCUT2D eigenvalue weighted by atomic mass is 9.93. The van der Waals surface area contributed by atoms with Gasteiger partial charge in [-0.25, -0.2) is 4.39 Å². The molecule has 0 aliphatic rings. The van der Waals surface area contributed by atoms with E-state index in [1.165, 1.54) is 17.7 Å². The van der Waals surface area contributed by atoms with E-state index in [0.29, 0.717) is 13.0 Å². The highest BCUT2D eigenvalue weighted by molar-refractivity contribution is 5.83. The highest BCUT2D eigenvalue weighted by atomic mass is 19.1. The number of rotatable bonds is 8. The summed E-state index contributed by atoms with van der Waals surface area (Å²) >= 11 is 0. The van der Waals surface area contributed by atoms with Gasteiger partial charge in [0.1, 0.15) is 5.82 Å². The molecule has 1 aromatic heterocycles. The molecular formula is C23H23FN2O. The molecule has 0 saturated carbocycles. The molecule has 138 valence electrons. The van der Waals surface area contributed by atoms with Crippen molar-refractivity contribution in [2.24, 2.45) is 0 Å². The smallest absolute Gasteiger partial charge is 0.227 e. The molecule has 3 aromatic rings. The second-order valence-electron chi connectivity index (χ2n) is 6.51. The summed E-state index contributed by atoms with van der Waals surface area (Å²) in [6, 6.07) is 22.0. The molecule has 0 fully saturated rings. The molecule has 1 unspecified atom stereocenters. The Morgan fingerprint density at radius 3 is 2.41 bits per heavy atom. The van der Waals surface area contributed by atoms with Crippen LogP contribution < -0.4 is 5.32 Å². The van der Waals surface area contributed by atoms with Crippen LogP contribution in [0.5, 0.6) is 0 Å². The van der Waals surface area contributed by atoms with Gasteiger partial charge in [-0.3, -0.25) is 9.78 Å². The standard InChI is InChI=1S/C23H23FN2O/c24-20-13-11-19(12-14-20)22(17-21-10-4-5-15-25-21)23(27)26-16-6-9-18-7-2-1-3-8-18/h1-5,7-8,10-15,22H,6,9,16-17H2,(H,26,27). The molecule has 3 rings (SSSR count). The third-order valence-corrected chi connectivity index (χ3v) is 4.51. The van der Waals surface area contributed by atoms with Crippen LogP contribution >= 0.6 is 0 Å². The topological polar surface area (TPSA) is 42.0 Å². The SMILES string of the molecule is O=C(NCCCc1ccccc1)C(Cc1ccccn1)c1ccc(F)cc1. The fourth-order valence-electron chi connectivity index (χ4n) is 3.06. The number of aromatic nitrogens is 1. The number of pyridine rings is 1. The van der Waals surface area contributed by atoms with Crippen LogP contribution in [-0.4, -0.2) is 17.4 Å². The zero-order valence-corrected chi connectivity index (χ0v) is 15.1. The van der Waals surface area contributed by atoms with Crippen LogP contribution in [0.4, 0.5) is 4.39 Å². The van der Waals surface area contributed by atoms with Crippen LogP contribution in [-0.2, 0) is 17.6 Å². The minimum Gasteiger partial charge on any atom is -0.356 e. The normalized spacial score (nSPS) is 11.7. The lowest BCUT2D eigenvalue weighted by Gasteiger charge is -2.17. The molecule has 27 heavy (non-hydrogen) atoms. The summed E-state index contributed by atoms with van der Waals surface area (Å²) in [7, 11) is 0. The molecule has 1 N–H and O–H groups in total. The minimum absolute atomic E-state index is 0.0553. The summed E-state index contributed by atoms with van der Waals surface area (Å²) < 4.78 is 13.3. The summed E-state index contributed by atoms with van der Waals surface area (Å²) in [5.74, 6) is -0.754. The Morgan fingerprint density at radius 1 is 0.963 bits per heavy atom. The summed E-state index contributed by atoms with van der Waals surface area (Å²) in [5, 5.41) is 3.03. The average molecular weight is 362 g/mol. The van der Waals surface area contributed by atoms with Crippen molar-refractivity contribution in [2.45, 2.75) is 25.2 Å². The largest absolute Gasteiger partial charge is 0.356 e. The number of amides is 1. The van der Waals surface area contributed by atoms with Gasteiger partial charge in [-0.2, -0.15) is 0 Å². The minimum atomic E-state index is -0.391. The van der Waals surface area contributed by atoms with Crippen molar-refractivity contribution in [1.82, 2.24) is 10.3 Å². The lowest BCUT2D eigenvalue weighted by Crippen LogP contribution is -2.31. The maximum atomic E-state index is 13.3. The van der Waals surface area contributed by atoms with Crippen LogP contribution in [0.1, 0.15) is 29.2 Å². The van der Waals surface area contributed by atoms with Gasteiger partial charge in [-0.15, -0.1) is 0 Å². The monoisotopic (exact) mass is 362 g/mol. The Kier molecular flexibility index (Phi) is 6.69. The quantitative estimate of drug-likeness (QED) is 0.607. The Balaban J connectivity index is 1.62. The molecule has 4 heteroatoms. The van der Waals surface area contributed by atoms with Gasteiger partial charge in [0.15, 0.2) is 0 Å². The average Bonchev–Trinajstić information content (AvgIpc) is 2.72. The highest BCUT2D eigenvalue weighted by Crippen LogP contribution is 2.21. The van der Waals surface area contributed by atoms with E-state index in [1.807, 2.05) is 36.4 Å². The Labute approximate surface area is 159 Å². The Hall–Kier alpha value is -3.01. The van der Waals surface area contributed by atoms with Crippen LogP contribution in [0, 0.1) is 5.82 Å². The lowest BCUT2D eigenvalue weighted by molar-refractivity contribution is -0.122. The van der Waals surface area contributed by atoms with E-state index in [2.05, 4.69) is 22.4 Å². The van der Waals surface area contributed by atoms with Gasteiger partial charge in [-0.1, -0.05) is 48.5 Å². The van der Waals surface area contributed by atoms with Crippen LogP contribution in [0.2, 0.25) is 0 Å². The first-order chi connectivity index (χ1) is 13.2. The third-order valence-electron chi connectivity index (χ3n) is 4.51. The predicted octanol–water partition coefficient (Wildman–Crippen LogP) is 4.30. The van der Waals surface area contributed by atoms with Crippen LogP contribution in [0.15, 0.2) is 79.0 Å². The number of hydrogen-bond donors (Lipinski definition) is 1. The van der Waals surface area contributed by atoms with E-state index in [1.54, 1.807) is 18.3 Å². The Bertz CT molecular complexity index is 835. The molecule has 0 radical (unpaired) electrons. The zero-order valence-electron chi connectivity index (χ0n) is 15.1. The summed E-state index contributed by atoms with van der Waals surface area (Å²) in [6.07, 6.45) is 3.99. The van der Waals surface area contributed by atoms with E-state index in [9.17, 15) is 9.18 Å². The first kappa shape index (κ1) is 18.8. The fourth-order valence-corrected chi connectivity index (χ4v) is 3.06. The van der Waals surface area contributed by atoms with Gasteiger partial charge in [-0.05, 0) is 48.2 Å². The zero-order chi connectivity index (χ0) is 18.9. The molecule has 0 spiro atoms. The number of aryl methyl sites for hydroxylation is 1. The molecular weight excluding hydrogens is 339 g/mol. The van der Waals surface area contributed by atoms with Gasteiger partial charge < -0.3 is 5.32 Å². The van der Waals surface area contributed by atoms with Crippen molar-refractivity contribution in [3.05, 3.63) is 102 Å². The highest BCUT2D eigenvalue weighted by Gasteiger charge is 2.21. The number of carbonyl (C=O) groups excluding carboxylic acids is 1. The number of halogens is 1. The molecule has 0 aliphatic heterocycles. The summed E-state index contributed by atoms with van der Waals surface area (Å²) in [5.41, 5.74) is 2.89. The predicted molar refractivity (Wildman–Crippen MR) is 105 cm³/mol. The van der Waals surface area contributed by atoms with E-state index >= 15 is 0 Å². The molecule has 0 saturated heterocycles. The number of nitrogens with zero attached hydrogens (tertiary/aromatic N) is 1. The summed E-state index contributed by atoms with van der Waals surface area (Å²) in [6.45, 7) is 0.605. The molecule has 1 atom stereocenters. The Morgan fingerprint density at radius 2 is 1.70 bits per heavy atom. The van der Waals surface area contributed by atoms with Gasteiger partial charge >= 0.3 is 0 Å². The fraction of sp³-hybridized carbons (Fsp3) is 0.217. The van der Waals surface area contributed by atoms with E-state index in [0.717, 1.165) is 24.1 Å². The van der Waals surface area contributed by atoms with Crippen molar-refractivity contribution in [2.75, 3.05) is 6.54 Å². The van der Waals surface area contributed by atoms with Gasteiger partial charge in [0.25, 0.3) is 0 Å². The molecule has 1 heterocycles. The first-order valence-electron chi connectivity index (χ1n) is 9.19. The second kappa shape index (κ2) is 9.62. The maximum Gasteiger partial charge on any atom is 0.227 e. The third kappa shape index (κ3) is 5.74. The van der Waals surface area contributed by atoms with Crippen LogP contribution in [0.3, 0.4) is 0 Å². The van der Waals surface area contributed by atoms with Gasteiger partial charge in [0.05, 0.1) is 5.92 Å². The van der Waals surface area contributed by atoms with Crippen molar-refractivity contribution in [3.63, 3.8) is 0 Å². The molecule has 0 aliphatic carbocycles. The number of carbonyl (C=O) groups is 1. The van der Waals surface area contributed by atoms with Crippen molar-refractivity contribution < 1.29 is 9.18 Å². The molecule has 2 aromatic carbocycles. The van der Waals surface area contributed by atoms with Crippen LogP contribution in [0.25, 0.3) is 0 Å². The van der Waals surface area contributed by atoms with Crippen molar-refractivity contribution in [1.29, 1.82) is 0 Å². The maximum absolute atomic E-state index is 13.3. The number of hydrogen-bond acceptors (Lipinski definition) is 2. The van der Waals surface area contributed by atoms with E-state index < -0.39 is 5.92 Å². The van der Waals surface area contributed by atoms with E-state index in [4.69, 9.17) is 0 Å². The van der Waals surface area contributed by atoms with E-state index in [-0.39, 0.29) is 11.7 Å². The molecule has 1 amide bonds. The molecule has 3 nitrogen and oxygen atoms in total. The molecule has 0 bridgehead atoms. The van der Waals surface area contributed by atoms with Crippen molar-refractivity contribution >= 4 is 5.91 Å². The second-order valence-corrected chi connectivity index (χ2v) is 6.51. The van der Waals surface area contributed by atoms with Gasteiger partial charge in [0, 0.05) is 24.9 Å².